The van der Waals surface area contributed by atoms with E-state index in [4.69, 9.17) is 0 Å². The van der Waals surface area contributed by atoms with E-state index in [1.807, 2.05) is 0 Å². The highest BCUT2D eigenvalue weighted by atomic mass is 16.1. The molecule has 1 aliphatic carbocycles. The van der Waals surface area contributed by atoms with Crippen LogP contribution in [-0.4, -0.2) is 17.8 Å². The van der Waals surface area contributed by atoms with Crippen molar-refractivity contribution in [3.05, 3.63) is 36.5 Å². The van der Waals surface area contributed by atoms with E-state index in [-0.39, 0.29) is 0 Å². The van der Waals surface area contributed by atoms with Gasteiger partial charge in [-0.3, -0.25) is 0 Å². The van der Waals surface area contributed by atoms with Crippen LogP contribution < -0.4 is 0 Å². The summed E-state index contributed by atoms with van der Waals surface area (Å²) in [5.41, 5.74) is -0.511. The van der Waals surface area contributed by atoms with Gasteiger partial charge in [-0.1, -0.05) is 18.7 Å². The Morgan fingerprint density at radius 3 is 2.00 bits per heavy atom. The molecule has 0 heterocycles. The fraction of sp³-hybridized carbons (Fsp3) is 0.111. The van der Waals surface area contributed by atoms with Gasteiger partial charge in [0.1, 0.15) is 0 Å². The van der Waals surface area contributed by atoms with Crippen LogP contribution >= 0.6 is 0 Å². The van der Waals surface area contributed by atoms with E-state index in [1.165, 1.54) is 24.3 Å². The molecule has 0 aromatic heterocycles. The van der Waals surface area contributed by atoms with Gasteiger partial charge >= 0.3 is 0 Å². The summed E-state index contributed by atoms with van der Waals surface area (Å²) in [4.78, 5) is 26.9. The highest BCUT2D eigenvalue weighted by Crippen LogP contribution is 2.22. The van der Waals surface area contributed by atoms with E-state index < -0.39 is 5.66 Å². The first kappa shape index (κ1) is 9.07. The molecule has 0 bridgehead atoms. The summed E-state index contributed by atoms with van der Waals surface area (Å²) >= 11 is 0. The zero-order valence-electron chi connectivity index (χ0n) is 6.73. The van der Waals surface area contributed by atoms with Crippen molar-refractivity contribution in [2.75, 3.05) is 0 Å². The average molecular weight is 174 g/mol. The Morgan fingerprint density at radius 2 is 1.62 bits per heavy atom. The predicted molar refractivity (Wildman–Crippen MR) is 46.4 cm³/mol. The number of hydrogen-bond acceptors (Lipinski definition) is 4. The summed E-state index contributed by atoms with van der Waals surface area (Å²) in [7, 11) is 0. The summed E-state index contributed by atoms with van der Waals surface area (Å²) in [5, 5.41) is 0. The zero-order chi connectivity index (χ0) is 9.73. The van der Waals surface area contributed by atoms with Crippen molar-refractivity contribution in [1.29, 1.82) is 0 Å². The van der Waals surface area contributed by atoms with E-state index in [2.05, 4.69) is 16.6 Å². The van der Waals surface area contributed by atoms with Gasteiger partial charge < -0.3 is 0 Å². The summed E-state index contributed by atoms with van der Waals surface area (Å²) in [6, 6.07) is 0. The van der Waals surface area contributed by atoms with E-state index in [1.54, 1.807) is 12.2 Å². The molecule has 0 unspecified atom stereocenters. The SMILES string of the molecule is C=C1C=CC(N=C=O)(N=C=O)C=C1. The molecule has 64 valence electrons. The van der Waals surface area contributed by atoms with Crippen LogP contribution in [0, 0.1) is 0 Å². The second-order valence-corrected chi connectivity index (χ2v) is 2.43. The van der Waals surface area contributed by atoms with Gasteiger partial charge in [0.25, 0.3) is 0 Å². The quantitative estimate of drug-likeness (QED) is 0.463. The van der Waals surface area contributed by atoms with Crippen LogP contribution in [-0.2, 0) is 9.59 Å². The van der Waals surface area contributed by atoms with E-state index in [0.29, 0.717) is 0 Å². The molecular weight excluding hydrogens is 168 g/mol. The fourth-order valence-corrected chi connectivity index (χ4v) is 0.891. The first-order valence-corrected chi connectivity index (χ1v) is 3.48. The van der Waals surface area contributed by atoms with Crippen molar-refractivity contribution in [3.63, 3.8) is 0 Å². The van der Waals surface area contributed by atoms with Crippen LogP contribution in [0.4, 0.5) is 0 Å². The van der Waals surface area contributed by atoms with Gasteiger partial charge in [0.05, 0.1) is 0 Å². The van der Waals surface area contributed by atoms with Gasteiger partial charge in [0, 0.05) is 0 Å². The lowest BCUT2D eigenvalue weighted by Gasteiger charge is -2.15. The molecule has 1 rings (SSSR count). The second kappa shape index (κ2) is 3.59. The van der Waals surface area contributed by atoms with Gasteiger partial charge in [0.15, 0.2) is 0 Å². The Hall–Kier alpha value is -2.02. The summed E-state index contributed by atoms with van der Waals surface area (Å²) in [6.07, 6.45) is 8.88. The van der Waals surface area contributed by atoms with Crippen LogP contribution in [0.15, 0.2) is 46.4 Å². The molecule has 0 atom stereocenters. The molecule has 0 aliphatic heterocycles. The zero-order valence-corrected chi connectivity index (χ0v) is 6.73. The largest absolute Gasteiger partial charge is 0.238 e. The molecule has 4 nitrogen and oxygen atoms in total. The molecule has 13 heavy (non-hydrogen) atoms. The molecule has 0 aromatic rings. The van der Waals surface area contributed by atoms with Gasteiger partial charge in [-0.25, -0.2) is 9.59 Å². The van der Waals surface area contributed by atoms with Crippen LogP contribution in [0.3, 0.4) is 0 Å². The number of allylic oxidation sites excluding steroid dienone is 3. The topological polar surface area (TPSA) is 58.9 Å². The van der Waals surface area contributed by atoms with E-state index >= 15 is 0 Å². The minimum atomic E-state index is -1.26. The molecule has 0 aromatic carbocycles. The first-order chi connectivity index (χ1) is 6.22. The lowest BCUT2D eigenvalue weighted by molar-refractivity contribution is 0.545. The maximum Gasteiger partial charge on any atom is 0.238 e. The lowest BCUT2D eigenvalue weighted by atomic mass is 10.0. The number of aliphatic imine (C=N–C) groups is 2. The Kier molecular flexibility index (Phi) is 2.50. The molecule has 0 saturated carbocycles. The minimum absolute atomic E-state index is 0.748. The van der Waals surface area contributed by atoms with Crippen LogP contribution in [0.5, 0.6) is 0 Å². The monoisotopic (exact) mass is 174 g/mol. The maximum absolute atomic E-state index is 10.1. The second-order valence-electron chi connectivity index (χ2n) is 2.43. The van der Waals surface area contributed by atoms with Crippen LogP contribution in [0.2, 0.25) is 0 Å². The minimum Gasteiger partial charge on any atom is -0.211 e. The number of isocyanates is 2. The lowest BCUT2D eigenvalue weighted by Crippen LogP contribution is -2.18. The van der Waals surface area contributed by atoms with Gasteiger partial charge in [-0.2, -0.15) is 9.98 Å². The van der Waals surface area contributed by atoms with Crippen molar-refractivity contribution in [2.45, 2.75) is 5.66 Å². The highest BCUT2D eigenvalue weighted by molar-refractivity contribution is 5.48. The average Bonchev–Trinajstić information content (AvgIpc) is 2.11. The predicted octanol–water partition coefficient (Wildman–Crippen LogP) is 1.04. The summed E-state index contributed by atoms with van der Waals surface area (Å²) < 4.78 is 0. The van der Waals surface area contributed by atoms with Gasteiger partial charge in [-0.15, -0.1) is 0 Å². The van der Waals surface area contributed by atoms with E-state index in [9.17, 15) is 9.59 Å². The van der Waals surface area contributed by atoms with Crippen molar-refractivity contribution in [1.82, 2.24) is 0 Å². The smallest absolute Gasteiger partial charge is 0.211 e. The standard InChI is InChI=1S/C9H6N2O2/c1-8-2-4-9(5-3-8,10-6-12)11-7-13/h2-5H,1H2. The molecule has 0 radical (unpaired) electrons. The number of nitrogens with zero attached hydrogens (tertiary/aromatic N) is 2. The highest BCUT2D eigenvalue weighted by Gasteiger charge is 2.23. The first-order valence-electron chi connectivity index (χ1n) is 3.48. The molecule has 1 aliphatic rings. The number of hydrogen-bond donors (Lipinski definition) is 0. The molecule has 0 saturated heterocycles. The molecule has 0 spiro atoms. The van der Waals surface area contributed by atoms with Crippen molar-refractivity contribution in [3.8, 4) is 0 Å². The Bertz CT molecular complexity index is 344. The summed E-state index contributed by atoms with van der Waals surface area (Å²) in [5.74, 6) is 0. The fourth-order valence-electron chi connectivity index (χ4n) is 0.891. The maximum atomic E-state index is 10.1. The third-order valence-corrected chi connectivity index (χ3v) is 1.53. The molecule has 0 fully saturated rings. The molecule has 0 N–H and O–H groups in total. The van der Waals surface area contributed by atoms with Crippen molar-refractivity contribution in [2.24, 2.45) is 9.98 Å². The summed E-state index contributed by atoms with van der Waals surface area (Å²) in [6.45, 7) is 3.65. The normalized spacial score (nSPS) is 17.4. The van der Waals surface area contributed by atoms with E-state index in [0.717, 1.165) is 5.57 Å². The third-order valence-electron chi connectivity index (χ3n) is 1.53. The van der Waals surface area contributed by atoms with Crippen molar-refractivity contribution < 1.29 is 9.59 Å². The Morgan fingerprint density at radius 1 is 1.15 bits per heavy atom. The number of rotatable bonds is 2. The van der Waals surface area contributed by atoms with Crippen LogP contribution in [0.25, 0.3) is 0 Å². The molecular formula is C9H6N2O2. The van der Waals surface area contributed by atoms with Gasteiger partial charge in [-0.05, 0) is 17.7 Å². The van der Waals surface area contributed by atoms with Crippen molar-refractivity contribution >= 4 is 12.2 Å². The Labute approximate surface area is 74.7 Å². The molecule has 4 heteroatoms. The molecule has 0 amide bonds. The Balaban J connectivity index is 3.14. The van der Waals surface area contributed by atoms with Gasteiger partial charge in [0.2, 0.25) is 17.8 Å². The van der Waals surface area contributed by atoms with Crippen LogP contribution in [0.1, 0.15) is 0 Å². The third kappa shape index (κ3) is 1.97. The number of carbonyl (C=O) groups excluding carboxylic acids is 2.